The largest absolute Gasteiger partial charge is 0.457 e. The first-order chi connectivity index (χ1) is 23.1. The highest BCUT2D eigenvalue weighted by atomic mass is 31.1. The van der Waals surface area contributed by atoms with Crippen LogP contribution in [-0.4, -0.2) is 4.98 Å². The van der Waals surface area contributed by atoms with Crippen molar-refractivity contribution in [2.24, 2.45) is 0 Å². The van der Waals surface area contributed by atoms with E-state index in [1.54, 1.807) is 0 Å². The van der Waals surface area contributed by atoms with E-state index in [9.17, 15) is 0 Å². The second-order valence-electron chi connectivity index (χ2n) is 11.3. The first-order valence-electron chi connectivity index (χ1n) is 15.8. The number of benzene rings is 6. The third-order valence-electron chi connectivity index (χ3n) is 7.51. The molecule has 7 aromatic rings. The van der Waals surface area contributed by atoms with Gasteiger partial charge in [-0.15, -0.1) is 0 Å². The highest BCUT2D eigenvalue weighted by Crippen LogP contribution is 2.47. The Kier molecular flexibility index (Phi) is 12.7. The Hall–Kier alpha value is -4.74. The van der Waals surface area contributed by atoms with E-state index >= 15 is 0 Å². The highest BCUT2D eigenvalue weighted by Gasteiger charge is 2.33. The number of fused-ring (bicyclic) bond motifs is 2. The minimum Gasteiger partial charge on any atom is -0.457 e. The lowest BCUT2D eigenvalue weighted by molar-refractivity contribution is 0.418. The number of hydrogen-bond acceptors (Lipinski definition) is 1. The first-order valence-corrected chi connectivity index (χ1v) is 17.8. The van der Waals surface area contributed by atoms with E-state index in [0.717, 1.165) is 28.7 Å². The summed E-state index contributed by atoms with van der Waals surface area (Å²) in [6.45, 7) is 4.49. The molecule has 0 unspecified atom stereocenters. The van der Waals surface area contributed by atoms with Gasteiger partial charge in [0, 0.05) is 28.9 Å². The lowest BCUT2D eigenvalue weighted by Crippen LogP contribution is -2.23. The summed E-state index contributed by atoms with van der Waals surface area (Å²) in [4.78, 5) is 2.86. The third kappa shape index (κ3) is 10.4. The Labute approximate surface area is 283 Å². The molecule has 0 saturated heterocycles. The zero-order valence-electron chi connectivity index (χ0n) is 26.9. The number of rotatable bonds is 4. The zero-order valence-corrected chi connectivity index (χ0v) is 28.9. The zero-order chi connectivity index (χ0) is 32.6. The van der Waals surface area contributed by atoms with Crippen LogP contribution < -0.4 is 26.0 Å². The summed E-state index contributed by atoms with van der Waals surface area (Å²) in [7, 11) is 1.55. The molecule has 8 rings (SSSR count). The lowest BCUT2D eigenvalue weighted by Gasteiger charge is -2.34. The molecule has 1 aliphatic rings. The average molecular weight is 650 g/mol. The molecule has 2 nitrogen and oxygen atoms in total. The van der Waals surface area contributed by atoms with Crippen LogP contribution >= 0.6 is 17.2 Å². The predicted molar refractivity (Wildman–Crippen MR) is 207 cm³/mol. The summed E-state index contributed by atoms with van der Waals surface area (Å²) in [5.41, 5.74) is 2.54. The van der Waals surface area contributed by atoms with Crippen LogP contribution in [-0.2, 0) is 5.41 Å². The molecule has 1 N–H and O–H groups in total. The lowest BCUT2D eigenvalue weighted by atomic mass is 9.76. The minimum absolute atomic E-state index is 0.0193. The molecular weight excluding hydrogens is 608 g/mol. The van der Waals surface area contributed by atoms with Crippen molar-refractivity contribution in [3.05, 3.63) is 206 Å². The molecule has 6 aromatic carbocycles. The summed E-state index contributed by atoms with van der Waals surface area (Å²) in [5.74, 6) is 1.96. The van der Waals surface area contributed by atoms with Gasteiger partial charge in [-0.25, -0.2) is 0 Å². The molecule has 0 fully saturated rings. The van der Waals surface area contributed by atoms with E-state index in [4.69, 9.17) is 4.74 Å². The van der Waals surface area contributed by atoms with Crippen LogP contribution in [0.3, 0.4) is 0 Å². The van der Waals surface area contributed by atoms with Crippen LogP contribution in [0.4, 0.5) is 0 Å². The molecule has 0 bridgehead atoms. The topological polar surface area (TPSA) is 25.0 Å². The van der Waals surface area contributed by atoms with E-state index in [2.05, 4.69) is 164 Å². The first kappa shape index (κ1) is 33.6. The van der Waals surface area contributed by atoms with Gasteiger partial charge in [-0.05, 0) is 45.5 Å². The molecule has 0 aliphatic carbocycles. The Bertz CT molecular complexity index is 1640. The molecule has 234 valence electrons. The Morgan fingerprint density at radius 3 is 0.979 bits per heavy atom. The molecule has 0 radical (unpaired) electrons. The molecule has 0 amide bonds. The van der Waals surface area contributed by atoms with E-state index in [1.807, 2.05) is 48.8 Å². The quantitative estimate of drug-likeness (QED) is 0.189. The number of aromatic nitrogens is 1. The molecular formula is C43H41NOP2. The number of para-hydroxylation sites is 2. The fourth-order valence-corrected chi connectivity index (χ4v) is 7.21. The molecule has 1 aliphatic heterocycles. The molecule has 1 aromatic heterocycles. The van der Waals surface area contributed by atoms with Crippen molar-refractivity contribution >= 4 is 38.4 Å². The monoisotopic (exact) mass is 649 g/mol. The van der Waals surface area contributed by atoms with E-state index in [1.165, 1.54) is 32.3 Å². The van der Waals surface area contributed by atoms with Crippen LogP contribution in [0.15, 0.2) is 194 Å². The minimum atomic E-state index is 0.0193. The Morgan fingerprint density at radius 2 is 0.681 bits per heavy atom. The van der Waals surface area contributed by atoms with Crippen LogP contribution in [0, 0.1) is 0 Å². The maximum atomic E-state index is 5.91. The van der Waals surface area contributed by atoms with Crippen molar-refractivity contribution in [1.82, 2.24) is 4.98 Å². The molecule has 0 saturated carbocycles. The van der Waals surface area contributed by atoms with Crippen molar-refractivity contribution in [3.8, 4) is 11.5 Å². The maximum absolute atomic E-state index is 5.91. The van der Waals surface area contributed by atoms with Crippen molar-refractivity contribution in [1.29, 1.82) is 0 Å². The van der Waals surface area contributed by atoms with Gasteiger partial charge in [0.1, 0.15) is 11.5 Å². The number of nitrogens with one attached hydrogen (secondary N) is 1. The SMILES string of the molecule is CC1(C)c2ccccc2Oc2ccccc21.c1cc[nH]c1.c1ccc(Pc2ccccc2)cc1.c1ccc(Pc2ccccc2)cc1. The van der Waals surface area contributed by atoms with Crippen molar-refractivity contribution in [3.63, 3.8) is 0 Å². The smallest absolute Gasteiger partial charge is 0.131 e. The Morgan fingerprint density at radius 1 is 0.383 bits per heavy atom. The van der Waals surface area contributed by atoms with Crippen molar-refractivity contribution < 1.29 is 4.74 Å². The second kappa shape index (κ2) is 17.8. The van der Waals surface area contributed by atoms with Gasteiger partial charge >= 0.3 is 0 Å². The Balaban J connectivity index is 0.000000129. The standard InChI is InChI=1S/C15H14O.2C12H11P.C4H5N/c1-15(2)11-7-3-5-9-13(11)16-14-10-6-4-8-12(14)15;2*1-3-7-11(8-4-1)13-12-9-5-2-6-10-12;1-2-4-5-3-1/h3-10H,1-2H3;2*1-10,13H;1-5H. The third-order valence-corrected chi connectivity index (χ3v) is 10.00. The van der Waals surface area contributed by atoms with Crippen LogP contribution in [0.25, 0.3) is 0 Å². The van der Waals surface area contributed by atoms with Gasteiger partial charge in [0.25, 0.3) is 0 Å². The summed E-state index contributed by atoms with van der Waals surface area (Å²) >= 11 is 0. The van der Waals surface area contributed by atoms with E-state index in [0.29, 0.717) is 0 Å². The molecule has 47 heavy (non-hydrogen) atoms. The number of aromatic amines is 1. The normalized spacial score (nSPS) is 11.7. The van der Waals surface area contributed by atoms with Crippen LogP contribution in [0.5, 0.6) is 11.5 Å². The van der Waals surface area contributed by atoms with Gasteiger partial charge in [-0.1, -0.05) is 189 Å². The van der Waals surface area contributed by atoms with E-state index < -0.39 is 0 Å². The van der Waals surface area contributed by atoms with Gasteiger partial charge in [-0.2, -0.15) is 0 Å². The van der Waals surface area contributed by atoms with Gasteiger partial charge < -0.3 is 9.72 Å². The van der Waals surface area contributed by atoms with Crippen molar-refractivity contribution in [2.45, 2.75) is 19.3 Å². The molecule has 2 heterocycles. The molecule has 0 atom stereocenters. The summed E-state index contributed by atoms with van der Waals surface area (Å²) < 4.78 is 5.91. The summed E-state index contributed by atoms with van der Waals surface area (Å²) in [5, 5.41) is 5.59. The predicted octanol–water partition coefficient (Wildman–Crippen LogP) is 9.76. The highest BCUT2D eigenvalue weighted by molar-refractivity contribution is 7.55. The summed E-state index contributed by atoms with van der Waals surface area (Å²) in [6.07, 6.45) is 3.75. The number of H-pyrrole nitrogens is 1. The fourth-order valence-electron chi connectivity index (χ4n) is 5.10. The van der Waals surface area contributed by atoms with Crippen molar-refractivity contribution in [2.75, 3.05) is 0 Å². The van der Waals surface area contributed by atoms with Gasteiger partial charge in [0.05, 0.1) is 0 Å². The van der Waals surface area contributed by atoms with Gasteiger partial charge in [0.2, 0.25) is 0 Å². The average Bonchev–Trinajstić information content (AvgIpc) is 3.72. The van der Waals surface area contributed by atoms with Gasteiger partial charge in [0.15, 0.2) is 0 Å². The molecule has 0 spiro atoms. The number of ether oxygens (including phenoxy) is 1. The number of hydrogen-bond donors (Lipinski definition) is 1. The summed E-state index contributed by atoms with van der Waals surface area (Å²) in [6, 6.07) is 62.7. The maximum Gasteiger partial charge on any atom is 0.131 e. The van der Waals surface area contributed by atoms with E-state index in [-0.39, 0.29) is 5.41 Å². The van der Waals surface area contributed by atoms with Gasteiger partial charge in [-0.3, -0.25) is 0 Å². The van der Waals surface area contributed by atoms with Crippen LogP contribution in [0.2, 0.25) is 0 Å². The van der Waals surface area contributed by atoms with Crippen LogP contribution in [0.1, 0.15) is 25.0 Å². The fraction of sp³-hybridized carbons (Fsp3) is 0.0698. The second-order valence-corrected chi connectivity index (χ2v) is 14.1. The molecule has 4 heteroatoms.